The fourth-order valence-corrected chi connectivity index (χ4v) is 2.01. The molecule has 0 radical (unpaired) electrons. The summed E-state index contributed by atoms with van der Waals surface area (Å²) in [5, 5.41) is 6.46. The Morgan fingerprint density at radius 1 is 1.28 bits per heavy atom. The molecule has 0 heterocycles. The molecule has 0 aliphatic heterocycles. The van der Waals surface area contributed by atoms with E-state index in [9.17, 15) is 4.79 Å². The molecular formula is C15H22N2O. The van der Waals surface area contributed by atoms with Crippen molar-refractivity contribution >= 4 is 17.3 Å². The highest BCUT2D eigenvalue weighted by molar-refractivity contribution is 5.94. The molecule has 3 nitrogen and oxygen atoms in total. The lowest BCUT2D eigenvalue weighted by atomic mass is 10.1. The molecule has 98 valence electrons. The lowest BCUT2D eigenvalue weighted by molar-refractivity contribution is -0.117. The average molecular weight is 246 g/mol. The van der Waals surface area contributed by atoms with Gasteiger partial charge in [0, 0.05) is 23.3 Å². The molecule has 2 N–H and O–H groups in total. The summed E-state index contributed by atoms with van der Waals surface area (Å²) in [7, 11) is 0. The third-order valence-corrected chi connectivity index (χ3v) is 3.43. The van der Waals surface area contributed by atoms with E-state index in [4.69, 9.17) is 0 Å². The molecule has 1 aliphatic carbocycles. The molecule has 0 bridgehead atoms. The Hall–Kier alpha value is -1.51. The van der Waals surface area contributed by atoms with Gasteiger partial charge >= 0.3 is 0 Å². The van der Waals surface area contributed by atoms with Gasteiger partial charge in [-0.3, -0.25) is 4.79 Å². The summed E-state index contributed by atoms with van der Waals surface area (Å²) in [5.41, 5.74) is 1.97. The minimum atomic E-state index is 0.162. The molecule has 0 atom stereocenters. The normalized spacial score (nSPS) is 14.6. The van der Waals surface area contributed by atoms with Crippen LogP contribution in [0, 0.1) is 5.92 Å². The van der Waals surface area contributed by atoms with E-state index in [-0.39, 0.29) is 11.8 Å². The monoisotopic (exact) mass is 246 g/mol. The Bertz CT molecular complexity index is 409. The van der Waals surface area contributed by atoms with Crippen LogP contribution in [0.2, 0.25) is 0 Å². The maximum absolute atomic E-state index is 11.7. The Kier molecular flexibility index (Phi) is 4.24. The lowest BCUT2D eigenvalue weighted by Crippen LogP contribution is -2.17. The zero-order valence-electron chi connectivity index (χ0n) is 11.2. The first kappa shape index (κ1) is 12.9. The van der Waals surface area contributed by atoms with E-state index >= 15 is 0 Å². The molecule has 18 heavy (non-hydrogen) atoms. The molecule has 3 heteroatoms. The Morgan fingerprint density at radius 2 is 1.94 bits per heavy atom. The van der Waals surface area contributed by atoms with Crippen molar-refractivity contribution in [2.45, 2.75) is 45.6 Å². The van der Waals surface area contributed by atoms with Crippen molar-refractivity contribution in [3.8, 4) is 0 Å². The van der Waals surface area contributed by atoms with Gasteiger partial charge in [-0.05, 0) is 43.9 Å². The number of carbonyl (C=O) groups excluding carboxylic acids is 1. The number of anilines is 2. The number of nitrogens with one attached hydrogen (secondary N) is 2. The highest BCUT2D eigenvalue weighted by atomic mass is 16.2. The molecule has 0 aromatic heterocycles. The summed E-state index contributed by atoms with van der Waals surface area (Å²) < 4.78 is 0. The van der Waals surface area contributed by atoms with Crippen LogP contribution in [0.3, 0.4) is 0 Å². The molecule has 1 fully saturated rings. The van der Waals surface area contributed by atoms with Crippen molar-refractivity contribution in [2.24, 2.45) is 5.92 Å². The molecule has 0 unspecified atom stereocenters. The second-order valence-electron chi connectivity index (χ2n) is 5.00. The van der Waals surface area contributed by atoms with Crippen LogP contribution in [0.4, 0.5) is 11.4 Å². The highest BCUT2D eigenvalue weighted by Gasteiger charge is 2.29. The molecule has 1 aliphatic rings. The fraction of sp³-hybridized carbons (Fsp3) is 0.533. The van der Waals surface area contributed by atoms with Gasteiger partial charge in [0.05, 0.1) is 0 Å². The summed E-state index contributed by atoms with van der Waals surface area (Å²) in [6.45, 7) is 4.36. The van der Waals surface area contributed by atoms with Crippen LogP contribution in [0.5, 0.6) is 0 Å². The van der Waals surface area contributed by atoms with Crippen LogP contribution in [-0.2, 0) is 4.79 Å². The summed E-state index contributed by atoms with van der Waals surface area (Å²) in [6.07, 6.45) is 4.29. The Balaban J connectivity index is 1.97. The predicted molar refractivity (Wildman–Crippen MR) is 75.8 cm³/mol. The van der Waals surface area contributed by atoms with E-state index in [0.29, 0.717) is 6.04 Å². The first-order chi connectivity index (χ1) is 8.72. The molecule has 1 aromatic carbocycles. The van der Waals surface area contributed by atoms with Gasteiger partial charge in [0.1, 0.15) is 0 Å². The van der Waals surface area contributed by atoms with Gasteiger partial charge in [-0.15, -0.1) is 0 Å². The largest absolute Gasteiger partial charge is 0.382 e. The van der Waals surface area contributed by atoms with Gasteiger partial charge in [-0.25, -0.2) is 0 Å². The van der Waals surface area contributed by atoms with E-state index in [1.54, 1.807) is 0 Å². The highest BCUT2D eigenvalue weighted by Crippen LogP contribution is 2.30. The van der Waals surface area contributed by atoms with Crippen LogP contribution in [0.15, 0.2) is 24.3 Å². The predicted octanol–water partition coefficient (Wildman–Crippen LogP) is 3.64. The van der Waals surface area contributed by atoms with Gasteiger partial charge in [0.2, 0.25) is 5.91 Å². The van der Waals surface area contributed by atoms with Crippen molar-refractivity contribution in [1.82, 2.24) is 0 Å². The summed E-state index contributed by atoms with van der Waals surface area (Å²) in [6, 6.07) is 8.48. The summed E-state index contributed by atoms with van der Waals surface area (Å²) >= 11 is 0. The summed E-state index contributed by atoms with van der Waals surface area (Å²) in [5.74, 6) is 0.412. The SMILES string of the molecule is CCC(CC)Nc1cccc(NC(=O)C2CC2)c1. The topological polar surface area (TPSA) is 41.1 Å². The minimum Gasteiger partial charge on any atom is -0.382 e. The standard InChI is InChI=1S/C15H22N2O/c1-3-12(4-2)16-13-6-5-7-14(10-13)17-15(18)11-8-9-11/h5-7,10-12,16H,3-4,8-9H2,1-2H3,(H,17,18). The fourth-order valence-electron chi connectivity index (χ4n) is 2.01. The van der Waals surface area contributed by atoms with E-state index in [0.717, 1.165) is 37.1 Å². The van der Waals surface area contributed by atoms with Crippen LogP contribution >= 0.6 is 0 Å². The third-order valence-electron chi connectivity index (χ3n) is 3.43. The number of benzene rings is 1. The number of carbonyl (C=O) groups is 1. The van der Waals surface area contributed by atoms with Crippen molar-refractivity contribution in [1.29, 1.82) is 0 Å². The number of amides is 1. The molecule has 1 saturated carbocycles. The molecule has 1 aromatic rings. The van der Waals surface area contributed by atoms with Crippen LogP contribution in [0.1, 0.15) is 39.5 Å². The molecular weight excluding hydrogens is 224 g/mol. The second-order valence-corrected chi connectivity index (χ2v) is 5.00. The molecule has 2 rings (SSSR count). The quantitative estimate of drug-likeness (QED) is 0.804. The van der Waals surface area contributed by atoms with Crippen molar-refractivity contribution in [3.63, 3.8) is 0 Å². The smallest absolute Gasteiger partial charge is 0.227 e. The van der Waals surface area contributed by atoms with Gasteiger partial charge in [-0.2, -0.15) is 0 Å². The van der Waals surface area contributed by atoms with Gasteiger partial charge in [-0.1, -0.05) is 19.9 Å². The number of rotatable bonds is 6. The van der Waals surface area contributed by atoms with Crippen molar-refractivity contribution in [2.75, 3.05) is 10.6 Å². The van der Waals surface area contributed by atoms with Gasteiger partial charge < -0.3 is 10.6 Å². The lowest BCUT2D eigenvalue weighted by Gasteiger charge is -2.17. The molecule has 1 amide bonds. The maximum atomic E-state index is 11.7. The Morgan fingerprint density at radius 3 is 2.56 bits per heavy atom. The van der Waals surface area contributed by atoms with Gasteiger partial charge in [0.15, 0.2) is 0 Å². The zero-order valence-corrected chi connectivity index (χ0v) is 11.2. The molecule has 0 spiro atoms. The van der Waals surface area contributed by atoms with Gasteiger partial charge in [0.25, 0.3) is 0 Å². The van der Waals surface area contributed by atoms with E-state index in [1.807, 2.05) is 24.3 Å². The van der Waals surface area contributed by atoms with Crippen LogP contribution in [0.25, 0.3) is 0 Å². The second kappa shape index (κ2) is 5.89. The van der Waals surface area contributed by atoms with Crippen LogP contribution < -0.4 is 10.6 Å². The Labute approximate surface area is 109 Å². The summed E-state index contributed by atoms with van der Waals surface area (Å²) in [4.78, 5) is 11.7. The molecule has 0 saturated heterocycles. The van der Waals surface area contributed by atoms with E-state index < -0.39 is 0 Å². The van der Waals surface area contributed by atoms with Crippen molar-refractivity contribution in [3.05, 3.63) is 24.3 Å². The maximum Gasteiger partial charge on any atom is 0.227 e. The first-order valence-electron chi connectivity index (χ1n) is 6.90. The van der Waals surface area contributed by atoms with Crippen molar-refractivity contribution < 1.29 is 4.79 Å². The number of hydrogen-bond donors (Lipinski definition) is 2. The van der Waals surface area contributed by atoms with E-state index in [1.165, 1.54) is 0 Å². The first-order valence-corrected chi connectivity index (χ1v) is 6.90. The average Bonchev–Trinajstić information content (AvgIpc) is 3.20. The third kappa shape index (κ3) is 3.49. The zero-order chi connectivity index (χ0) is 13.0. The number of hydrogen-bond acceptors (Lipinski definition) is 2. The van der Waals surface area contributed by atoms with E-state index in [2.05, 4.69) is 24.5 Å². The van der Waals surface area contributed by atoms with Crippen LogP contribution in [-0.4, -0.2) is 11.9 Å². The minimum absolute atomic E-state index is 0.162.